The van der Waals surface area contributed by atoms with Crippen molar-refractivity contribution in [2.75, 3.05) is 24.9 Å². The molecule has 0 heterocycles. The minimum absolute atomic E-state index is 0.0400. The molecule has 1 saturated carbocycles. The van der Waals surface area contributed by atoms with Crippen molar-refractivity contribution in [3.05, 3.63) is 65.0 Å². The van der Waals surface area contributed by atoms with E-state index in [-0.39, 0.29) is 18.5 Å². The standard InChI is InChI=1S/C28H39FN4O4S/c1-6-25(28(35)30-24-9-7-8-10-24)32(18-22-13-15-23(29)16-14-22)27(34)19-33(38(36,37)31(4)5)26-17-20(2)11-12-21(26)3/h11-17,24-25H,6-10,18-19H2,1-5H3,(H,30,35)/t25-/m1/s1. The first-order valence-electron chi connectivity index (χ1n) is 13.1. The molecule has 8 nitrogen and oxygen atoms in total. The van der Waals surface area contributed by atoms with E-state index in [0.29, 0.717) is 23.2 Å². The van der Waals surface area contributed by atoms with Crippen molar-refractivity contribution in [2.24, 2.45) is 0 Å². The van der Waals surface area contributed by atoms with Crippen LogP contribution in [-0.4, -0.2) is 62.2 Å². The number of aryl methyl sites for hydroxylation is 2. The van der Waals surface area contributed by atoms with Crippen molar-refractivity contribution in [1.29, 1.82) is 0 Å². The quantitative estimate of drug-likeness (QED) is 0.463. The molecule has 1 aliphatic rings. The van der Waals surface area contributed by atoms with Gasteiger partial charge in [0.2, 0.25) is 11.8 Å². The molecule has 0 bridgehead atoms. The number of benzene rings is 2. The molecule has 10 heteroatoms. The molecular formula is C28H39FN4O4S. The van der Waals surface area contributed by atoms with E-state index in [1.54, 1.807) is 25.1 Å². The van der Waals surface area contributed by atoms with Gasteiger partial charge in [0.05, 0.1) is 5.69 Å². The zero-order valence-corrected chi connectivity index (χ0v) is 23.7. The Morgan fingerprint density at radius 2 is 1.68 bits per heavy atom. The summed E-state index contributed by atoms with van der Waals surface area (Å²) < 4.78 is 42.6. The number of halogens is 1. The highest BCUT2D eigenvalue weighted by Crippen LogP contribution is 2.26. The molecule has 1 fully saturated rings. The smallest absolute Gasteiger partial charge is 0.304 e. The van der Waals surface area contributed by atoms with Gasteiger partial charge in [0.1, 0.15) is 18.4 Å². The number of rotatable bonds is 11. The van der Waals surface area contributed by atoms with E-state index >= 15 is 0 Å². The van der Waals surface area contributed by atoms with Crippen molar-refractivity contribution in [3.8, 4) is 0 Å². The van der Waals surface area contributed by atoms with Gasteiger partial charge in [-0.3, -0.25) is 9.59 Å². The van der Waals surface area contributed by atoms with Gasteiger partial charge in [-0.25, -0.2) is 8.70 Å². The van der Waals surface area contributed by atoms with Crippen LogP contribution in [0.15, 0.2) is 42.5 Å². The summed E-state index contributed by atoms with van der Waals surface area (Å²) in [4.78, 5) is 28.7. The van der Waals surface area contributed by atoms with Gasteiger partial charge >= 0.3 is 10.2 Å². The summed E-state index contributed by atoms with van der Waals surface area (Å²) in [5.41, 5.74) is 2.59. The Morgan fingerprint density at radius 3 is 2.26 bits per heavy atom. The lowest BCUT2D eigenvalue weighted by molar-refractivity contribution is -0.140. The maximum Gasteiger partial charge on any atom is 0.304 e. The number of hydrogen-bond acceptors (Lipinski definition) is 4. The third-order valence-electron chi connectivity index (χ3n) is 7.01. The summed E-state index contributed by atoms with van der Waals surface area (Å²) in [5, 5.41) is 3.08. The minimum Gasteiger partial charge on any atom is -0.352 e. The Kier molecular flexibility index (Phi) is 9.89. The molecule has 1 aliphatic carbocycles. The number of carbonyl (C=O) groups excluding carboxylic acids is 2. The monoisotopic (exact) mass is 546 g/mol. The van der Waals surface area contributed by atoms with Gasteiger partial charge in [0, 0.05) is 26.7 Å². The lowest BCUT2D eigenvalue weighted by Gasteiger charge is -2.34. The lowest BCUT2D eigenvalue weighted by atomic mass is 10.1. The first-order valence-corrected chi connectivity index (χ1v) is 14.5. The zero-order valence-electron chi connectivity index (χ0n) is 22.9. The molecule has 0 aromatic heterocycles. The van der Waals surface area contributed by atoms with Crippen LogP contribution in [0.4, 0.5) is 10.1 Å². The van der Waals surface area contributed by atoms with E-state index in [2.05, 4.69) is 5.32 Å². The Hall–Kier alpha value is -2.98. The van der Waals surface area contributed by atoms with Crippen LogP contribution in [0, 0.1) is 19.7 Å². The van der Waals surface area contributed by atoms with Crippen LogP contribution in [0.2, 0.25) is 0 Å². The van der Waals surface area contributed by atoms with Gasteiger partial charge in [-0.1, -0.05) is 44.0 Å². The SMILES string of the molecule is CC[C@H](C(=O)NC1CCCC1)N(Cc1ccc(F)cc1)C(=O)CN(c1cc(C)ccc1C)S(=O)(=O)N(C)C. The molecule has 38 heavy (non-hydrogen) atoms. The third kappa shape index (κ3) is 7.11. The number of amides is 2. The van der Waals surface area contributed by atoms with Gasteiger partial charge < -0.3 is 10.2 Å². The predicted octanol–water partition coefficient (Wildman–Crippen LogP) is 3.92. The summed E-state index contributed by atoms with van der Waals surface area (Å²) in [5.74, 6) is -1.19. The largest absolute Gasteiger partial charge is 0.352 e. The lowest BCUT2D eigenvalue weighted by Crippen LogP contribution is -2.54. The van der Waals surface area contributed by atoms with Crippen LogP contribution in [0.1, 0.15) is 55.7 Å². The van der Waals surface area contributed by atoms with Crippen molar-refractivity contribution in [1.82, 2.24) is 14.5 Å². The van der Waals surface area contributed by atoms with Crippen molar-refractivity contribution >= 4 is 27.7 Å². The van der Waals surface area contributed by atoms with E-state index in [1.165, 1.54) is 31.1 Å². The number of nitrogens with one attached hydrogen (secondary N) is 1. The van der Waals surface area contributed by atoms with E-state index in [0.717, 1.165) is 39.9 Å². The van der Waals surface area contributed by atoms with Gasteiger partial charge in [-0.15, -0.1) is 0 Å². The zero-order chi connectivity index (χ0) is 28.0. The number of nitrogens with zero attached hydrogens (tertiary/aromatic N) is 3. The molecule has 1 atom stereocenters. The molecule has 0 unspecified atom stereocenters. The number of carbonyl (C=O) groups is 2. The fraction of sp³-hybridized carbons (Fsp3) is 0.500. The average Bonchev–Trinajstić information content (AvgIpc) is 3.38. The Morgan fingerprint density at radius 1 is 1.05 bits per heavy atom. The number of hydrogen-bond donors (Lipinski definition) is 1. The van der Waals surface area contributed by atoms with Crippen LogP contribution in [0.3, 0.4) is 0 Å². The molecule has 0 saturated heterocycles. The Bertz CT molecular complexity index is 1230. The fourth-order valence-electron chi connectivity index (χ4n) is 4.76. The van der Waals surface area contributed by atoms with Crippen molar-refractivity contribution in [3.63, 3.8) is 0 Å². The summed E-state index contributed by atoms with van der Waals surface area (Å²) in [6.45, 7) is 5.02. The molecule has 0 aliphatic heterocycles. The minimum atomic E-state index is -4.04. The van der Waals surface area contributed by atoms with Gasteiger partial charge in [0.25, 0.3) is 0 Å². The molecule has 0 radical (unpaired) electrons. The van der Waals surface area contributed by atoms with Crippen LogP contribution in [-0.2, 0) is 26.3 Å². The maximum atomic E-state index is 14.0. The predicted molar refractivity (Wildman–Crippen MR) is 147 cm³/mol. The van der Waals surface area contributed by atoms with E-state index in [9.17, 15) is 22.4 Å². The fourth-order valence-corrected chi connectivity index (χ4v) is 5.88. The van der Waals surface area contributed by atoms with Gasteiger partial charge in [-0.2, -0.15) is 12.7 Å². The molecule has 0 spiro atoms. The molecule has 1 N–H and O–H groups in total. The Balaban J connectivity index is 1.99. The summed E-state index contributed by atoms with van der Waals surface area (Å²) in [6, 6.07) is 10.4. The summed E-state index contributed by atoms with van der Waals surface area (Å²) in [7, 11) is -1.21. The average molecular weight is 547 g/mol. The van der Waals surface area contributed by atoms with E-state index in [4.69, 9.17) is 0 Å². The maximum absolute atomic E-state index is 14.0. The Labute approximate surface area is 226 Å². The first kappa shape index (κ1) is 29.6. The summed E-state index contributed by atoms with van der Waals surface area (Å²) >= 11 is 0. The van der Waals surface area contributed by atoms with Gasteiger partial charge in [0.15, 0.2) is 0 Å². The highest BCUT2D eigenvalue weighted by molar-refractivity contribution is 7.90. The second-order valence-corrected chi connectivity index (χ2v) is 12.2. The molecule has 2 amide bonds. The molecule has 2 aromatic rings. The highest BCUT2D eigenvalue weighted by Gasteiger charge is 2.35. The van der Waals surface area contributed by atoms with Crippen LogP contribution < -0.4 is 9.62 Å². The summed E-state index contributed by atoms with van der Waals surface area (Å²) in [6.07, 6.45) is 4.24. The molecule has 3 rings (SSSR count). The first-order chi connectivity index (χ1) is 17.9. The van der Waals surface area contributed by atoms with Crippen LogP contribution in [0.5, 0.6) is 0 Å². The van der Waals surface area contributed by atoms with Crippen LogP contribution >= 0.6 is 0 Å². The highest BCUT2D eigenvalue weighted by atomic mass is 32.2. The van der Waals surface area contributed by atoms with E-state index < -0.39 is 34.5 Å². The number of anilines is 1. The molecular weight excluding hydrogens is 507 g/mol. The molecule has 2 aromatic carbocycles. The normalized spacial score (nSPS) is 14.9. The second-order valence-electron chi connectivity index (χ2n) is 10.1. The molecule has 208 valence electrons. The van der Waals surface area contributed by atoms with Crippen molar-refractivity contribution < 1.29 is 22.4 Å². The van der Waals surface area contributed by atoms with E-state index in [1.807, 2.05) is 26.0 Å². The van der Waals surface area contributed by atoms with Gasteiger partial charge in [-0.05, 0) is 68.0 Å². The second kappa shape index (κ2) is 12.7. The third-order valence-corrected chi connectivity index (χ3v) is 8.81. The van der Waals surface area contributed by atoms with Crippen molar-refractivity contribution in [2.45, 2.75) is 71.5 Å². The van der Waals surface area contributed by atoms with Crippen LogP contribution in [0.25, 0.3) is 0 Å². The topological polar surface area (TPSA) is 90.0 Å².